The Morgan fingerprint density at radius 2 is 1.64 bits per heavy atom. The highest BCUT2D eigenvalue weighted by atomic mass is 35.5. The molecule has 2 aromatic carbocycles. The number of benzene rings is 2. The van der Waals surface area contributed by atoms with Crippen molar-refractivity contribution in [2.45, 2.75) is 30.8 Å². The van der Waals surface area contributed by atoms with Gasteiger partial charge in [0, 0.05) is 30.7 Å². The van der Waals surface area contributed by atoms with Gasteiger partial charge in [-0.2, -0.15) is 4.31 Å². The average molecular weight is 497 g/mol. The van der Waals surface area contributed by atoms with Crippen LogP contribution in [-0.4, -0.2) is 66.5 Å². The highest BCUT2D eigenvalue weighted by Crippen LogP contribution is 2.27. The lowest BCUT2D eigenvalue weighted by molar-refractivity contribution is -0.134. The van der Waals surface area contributed by atoms with Gasteiger partial charge >= 0.3 is 6.03 Å². The summed E-state index contributed by atoms with van der Waals surface area (Å²) in [5.74, 6) is 0.0184. The predicted octanol–water partition coefficient (Wildman–Crippen LogP) is 2.43. The second kappa shape index (κ2) is 10.4. The van der Waals surface area contributed by atoms with Gasteiger partial charge in [0.05, 0.1) is 4.90 Å². The van der Waals surface area contributed by atoms with E-state index < -0.39 is 28.0 Å². The topological polar surface area (TPSA) is 128 Å². The van der Waals surface area contributed by atoms with Crippen molar-refractivity contribution in [2.24, 2.45) is 0 Å². The Bertz CT molecular complexity index is 1090. The summed E-state index contributed by atoms with van der Waals surface area (Å²) < 4.78 is 33.2. The first-order valence-electron chi connectivity index (χ1n) is 10.2. The summed E-state index contributed by atoms with van der Waals surface area (Å²) in [6, 6.07) is 10.6. The number of sulfonamides is 1. The first-order chi connectivity index (χ1) is 15.6. The van der Waals surface area contributed by atoms with Gasteiger partial charge in [0.25, 0.3) is 5.91 Å². The smallest absolute Gasteiger partial charge is 0.317 e. The third-order valence-electron chi connectivity index (χ3n) is 4.92. The summed E-state index contributed by atoms with van der Waals surface area (Å²) in [5, 5.41) is 12.4. The number of amides is 3. The summed E-state index contributed by atoms with van der Waals surface area (Å²) in [6.45, 7) is 3.34. The average Bonchev–Trinajstić information content (AvgIpc) is 2.79. The monoisotopic (exact) mass is 496 g/mol. The Morgan fingerprint density at radius 1 is 1.06 bits per heavy atom. The van der Waals surface area contributed by atoms with E-state index >= 15 is 0 Å². The largest absolute Gasteiger partial charge is 0.457 e. The van der Waals surface area contributed by atoms with Crippen molar-refractivity contribution in [1.29, 1.82) is 0 Å². The van der Waals surface area contributed by atoms with Crippen molar-refractivity contribution in [2.75, 3.05) is 19.6 Å². The molecule has 1 atom stereocenters. The quantitative estimate of drug-likeness (QED) is 0.416. The van der Waals surface area contributed by atoms with Crippen molar-refractivity contribution >= 4 is 33.6 Å². The second-order valence-electron chi connectivity index (χ2n) is 7.69. The van der Waals surface area contributed by atoms with E-state index in [9.17, 15) is 18.0 Å². The van der Waals surface area contributed by atoms with Gasteiger partial charge in [-0.1, -0.05) is 11.6 Å². The van der Waals surface area contributed by atoms with Crippen molar-refractivity contribution < 1.29 is 28.0 Å². The minimum absolute atomic E-state index is 0.0539. The Balaban J connectivity index is 1.79. The Hall–Kier alpha value is -2.86. The van der Waals surface area contributed by atoms with E-state index in [0.29, 0.717) is 16.5 Å². The molecular weight excluding hydrogens is 472 g/mol. The molecular formula is C21H25ClN4O6S. The van der Waals surface area contributed by atoms with Crippen LogP contribution >= 0.6 is 11.6 Å². The zero-order chi connectivity index (χ0) is 24.2. The summed E-state index contributed by atoms with van der Waals surface area (Å²) in [4.78, 5) is 25.9. The van der Waals surface area contributed by atoms with Gasteiger partial charge in [0.1, 0.15) is 17.5 Å². The predicted molar refractivity (Wildman–Crippen MR) is 121 cm³/mol. The number of piperazine rings is 1. The molecule has 1 aliphatic heterocycles. The molecule has 1 saturated heterocycles. The SMILES string of the molecule is CC(C)NC(=O)N1CCN(S(=O)(=O)c2ccc(Oc3ccc(Cl)cc3)cc2)C(C(=O)NO)C1. The molecule has 3 amide bonds. The minimum atomic E-state index is -4.10. The third-order valence-corrected chi connectivity index (χ3v) is 7.10. The number of carbonyl (C=O) groups is 2. The lowest BCUT2D eigenvalue weighted by Gasteiger charge is -2.39. The first-order valence-corrected chi connectivity index (χ1v) is 12.0. The maximum Gasteiger partial charge on any atom is 0.317 e. The fourth-order valence-electron chi connectivity index (χ4n) is 3.32. The number of nitrogens with one attached hydrogen (secondary N) is 2. The molecule has 10 nitrogen and oxygen atoms in total. The second-order valence-corrected chi connectivity index (χ2v) is 10.0. The van der Waals surface area contributed by atoms with Gasteiger partial charge in [-0.3, -0.25) is 10.0 Å². The van der Waals surface area contributed by atoms with E-state index in [2.05, 4.69) is 5.32 Å². The van der Waals surface area contributed by atoms with E-state index in [1.54, 1.807) is 38.1 Å². The van der Waals surface area contributed by atoms with Crippen molar-refractivity contribution in [3.8, 4) is 11.5 Å². The normalized spacial score (nSPS) is 17.0. The molecule has 0 aliphatic carbocycles. The molecule has 178 valence electrons. The van der Waals surface area contributed by atoms with Gasteiger partial charge in [-0.25, -0.2) is 18.7 Å². The van der Waals surface area contributed by atoms with Gasteiger partial charge in [-0.05, 0) is 62.4 Å². The van der Waals surface area contributed by atoms with E-state index in [-0.39, 0.29) is 30.6 Å². The molecule has 0 radical (unpaired) electrons. The number of hydrogen-bond acceptors (Lipinski definition) is 6. The van der Waals surface area contributed by atoms with Gasteiger partial charge in [0.2, 0.25) is 10.0 Å². The summed E-state index contributed by atoms with van der Waals surface area (Å²) in [6.07, 6.45) is 0. The molecule has 3 rings (SSSR count). The summed E-state index contributed by atoms with van der Waals surface area (Å²) in [7, 11) is -4.10. The van der Waals surface area contributed by atoms with E-state index in [0.717, 1.165) is 4.31 Å². The van der Waals surface area contributed by atoms with E-state index in [4.69, 9.17) is 21.5 Å². The number of hydroxylamine groups is 1. The van der Waals surface area contributed by atoms with Crippen LogP contribution in [0.25, 0.3) is 0 Å². The van der Waals surface area contributed by atoms with Crippen LogP contribution in [0.4, 0.5) is 4.79 Å². The maximum atomic E-state index is 13.3. The number of ether oxygens (including phenoxy) is 1. The molecule has 2 aromatic rings. The van der Waals surface area contributed by atoms with E-state index in [1.807, 2.05) is 0 Å². The van der Waals surface area contributed by atoms with Crippen molar-refractivity contribution in [3.05, 3.63) is 53.6 Å². The molecule has 0 saturated carbocycles. The van der Waals surface area contributed by atoms with E-state index in [1.165, 1.54) is 34.6 Å². The molecule has 1 fully saturated rings. The standard InChI is InChI=1S/C21H25ClN4O6S/c1-14(2)23-21(28)25-11-12-26(19(13-25)20(27)24-29)33(30,31)18-9-7-17(8-10-18)32-16-5-3-15(22)4-6-16/h3-10,14,19,29H,11-13H2,1-2H3,(H,23,28)(H,24,27). The number of carbonyl (C=O) groups excluding carboxylic acids is 2. The van der Waals surface area contributed by atoms with Crippen LogP contribution in [0.1, 0.15) is 13.8 Å². The van der Waals surface area contributed by atoms with Crippen LogP contribution in [-0.2, 0) is 14.8 Å². The number of urea groups is 1. The van der Waals surface area contributed by atoms with Crippen LogP contribution in [0.5, 0.6) is 11.5 Å². The van der Waals surface area contributed by atoms with Gasteiger partial charge in [-0.15, -0.1) is 0 Å². The highest BCUT2D eigenvalue weighted by molar-refractivity contribution is 7.89. The molecule has 1 aliphatic rings. The number of nitrogens with zero attached hydrogens (tertiary/aromatic N) is 2. The Labute approximate surface area is 197 Å². The van der Waals surface area contributed by atoms with Crippen molar-refractivity contribution in [1.82, 2.24) is 20.0 Å². The van der Waals surface area contributed by atoms with Crippen molar-refractivity contribution in [3.63, 3.8) is 0 Å². The molecule has 0 spiro atoms. The molecule has 1 unspecified atom stereocenters. The Kier molecular flexibility index (Phi) is 7.80. The van der Waals surface area contributed by atoms with Crippen LogP contribution in [0.3, 0.4) is 0 Å². The lowest BCUT2D eigenvalue weighted by Crippen LogP contribution is -2.62. The summed E-state index contributed by atoms with van der Waals surface area (Å²) in [5.41, 5.74) is 1.50. The summed E-state index contributed by atoms with van der Waals surface area (Å²) >= 11 is 5.86. The molecule has 1 heterocycles. The molecule has 3 N–H and O–H groups in total. The van der Waals surface area contributed by atoms with Gasteiger partial charge in [0.15, 0.2) is 0 Å². The highest BCUT2D eigenvalue weighted by Gasteiger charge is 2.41. The number of rotatable bonds is 6. The van der Waals surface area contributed by atoms with Crippen LogP contribution in [0.2, 0.25) is 5.02 Å². The number of halogens is 1. The molecule has 12 heteroatoms. The first kappa shape index (κ1) is 24.8. The third kappa shape index (κ3) is 5.93. The fourth-order valence-corrected chi connectivity index (χ4v) is 5.01. The fraction of sp³-hybridized carbons (Fsp3) is 0.333. The molecule has 0 aromatic heterocycles. The minimum Gasteiger partial charge on any atom is -0.457 e. The zero-order valence-corrected chi connectivity index (χ0v) is 19.6. The number of hydrogen-bond donors (Lipinski definition) is 3. The lowest BCUT2D eigenvalue weighted by atomic mass is 10.2. The Morgan fingerprint density at radius 3 is 2.18 bits per heavy atom. The zero-order valence-electron chi connectivity index (χ0n) is 18.1. The molecule has 0 bridgehead atoms. The van der Waals surface area contributed by atoms with Crippen LogP contribution in [0.15, 0.2) is 53.4 Å². The van der Waals surface area contributed by atoms with Crippen LogP contribution < -0.4 is 15.5 Å². The van der Waals surface area contributed by atoms with Crippen LogP contribution in [0, 0.1) is 0 Å². The maximum absolute atomic E-state index is 13.3. The van der Waals surface area contributed by atoms with Gasteiger partial charge < -0.3 is 15.0 Å². The molecule has 33 heavy (non-hydrogen) atoms.